The van der Waals surface area contributed by atoms with Gasteiger partial charge in [0.2, 0.25) is 11.8 Å². The van der Waals surface area contributed by atoms with Crippen LogP contribution in [0.25, 0.3) is 0 Å². The minimum Gasteiger partial charge on any atom is -0.469 e. The highest BCUT2D eigenvalue weighted by Gasteiger charge is 2.38. The Morgan fingerprint density at radius 1 is 1.42 bits per heavy atom. The van der Waals surface area contributed by atoms with E-state index >= 15 is 0 Å². The summed E-state index contributed by atoms with van der Waals surface area (Å²) in [5, 5.41) is 18.3. The minimum absolute atomic E-state index is 0.118. The summed E-state index contributed by atoms with van der Waals surface area (Å²) in [4.78, 5) is 16.3. The zero-order valence-corrected chi connectivity index (χ0v) is 14.1. The monoisotopic (exact) mass is 334 g/mol. The number of likely N-dealkylation sites (tertiary alicyclic amines) is 1. The molecule has 0 radical (unpaired) electrons. The number of amides is 1. The maximum Gasteiger partial charge on any atom is 0.257 e. The van der Waals surface area contributed by atoms with Gasteiger partial charge in [-0.25, -0.2) is 0 Å². The average Bonchev–Trinajstić information content (AvgIpc) is 3.25. The molecule has 1 aliphatic heterocycles. The number of β-amino-alcohol motifs (C(OH)–C–C–N with tert-alkyl or cyclic N) is 1. The summed E-state index contributed by atoms with van der Waals surface area (Å²) in [6, 6.07) is 1.49. The molecule has 1 saturated heterocycles. The van der Waals surface area contributed by atoms with E-state index in [0.29, 0.717) is 49.3 Å². The van der Waals surface area contributed by atoms with Gasteiger partial charge in [-0.1, -0.05) is 6.92 Å². The van der Waals surface area contributed by atoms with Gasteiger partial charge in [0.15, 0.2) is 0 Å². The van der Waals surface area contributed by atoms with Crippen LogP contribution in [0.1, 0.15) is 34.8 Å². The van der Waals surface area contributed by atoms with Crippen LogP contribution in [0.15, 0.2) is 21.2 Å². The van der Waals surface area contributed by atoms with Crippen molar-refractivity contribution in [2.45, 2.75) is 39.5 Å². The van der Waals surface area contributed by atoms with E-state index in [-0.39, 0.29) is 11.9 Å². The van der Waals surface area contributed by atoms with E-state index in [1.165, 1.54) is 6.26 Å². The van der Waals surface area contributed by atoms with E-state index < -0.39 is 6.10 Å². The highest BCUT2D eigenvalue weighted by molar-refractivity contribution is 5.95. The first kappa shape index (κ1) is 16.7. The lowest BCUT2D eigenvalue weighted by Gasteiger charge is -2.27. The first-order chi connectivity index (χ1) is 11.5. The average molecular weight is 334 g/mol. The lowest BCUT2D eigenvalue weighted by molar-refractivity contribution is 0.0742. The van der Waals surface area contributed by atoms with E-state index in [2.05, 4.69) is 10.2 Å². The Balaban J connectivity index is 1.70. The Morgan fingerprint density at radius 2 is 2.21 bits per heavy atom. The number of carbonyl (C=O) groups is 1. The number of hydrogen-bond donors (Lipinski definition) is 1. The first-order valence-electron chi connectivity index (χ1n) is 8.04. The van der Waals surface area contributed by atoms with Crippen molar-refractivity contribution in [2.24, 2.45) is 0 Å². The Hall–Kier alpha value is -2.19. The number of nitrogens with zero attached hydrogens (tertiary/aromatic N) is 4. The number of rotatable bonds is 5. The summed E-state index contributed by atoms with van der Waals surface area (Å²) in [5.74, 6) is 1.50. The van der Waals surface area contributed by atoms with Crippen LogP contribution in [-0.4, -0.2) is 62.8 Å². The molecule has 0 unspecified atom stereocenters. The summed E-state index contributed by atoms with van der Waals surface area (Å²) in [7, 11) is 0. The molecule has 0 saturated carbocycles. The summed E-state index contributed by atoms with van der Waals surface area (Å²) in [6.07, 6.45) is 0.883. The van der Waals surface area contributed by atoms with Crippen molar-refractivity contribution in [3.05, 3.63) is 35.4 Å². The fourth-order valence-corrected chi connectivity index (χ4v) is 3.11. The topological polar surface area (TPSA) is 95.8 Å². The van der Waals surface area contributed by atoms with E-state index in [1.54, 1.807) is 24.8 Å². The van der Waals surface area contributed by atoms with Crippen LogP contribution < -0.4 is 0 Å². The second kappa shape index (κ2) is 6.74. The molecule has 2 aromatic heterocycles. The number of hydrogen-bond acceptors (Lipinski definition) is 7. The van der Waals surface area contributed by atoms with Gasteiger partial charge in [-0.05, 0) is 19.5 Å². The Kier molecular flexibility index (Phi) is 4.68. The van der Waals surface area contributed by atoms with Gasteiger partial charge < -0.3 is 18.8 Å². The predicted octanol–water partition coefficient (Wildman–Crippen LogP) is 0.987. The molecule has 130 valence electrons. The highest BCUT2D eigenvalue weighted by Crippen LogP contribution is 2.22. The standard InChI is InChI=1S/C16H22N4O4/c1-4-19(9-15-18-17-11(3)24-15)13-7-20(8-14(13)21)16(22)12-5-6-23-10(12)2/h5-6,13-14,21H,4,7-9H2,1-3H3/t13-,14+/m0/s1. The summed E-state index contributed by atoms with van der Waals surface area (Å²) < 4.78 is 10.6. The molecule has 0 spiro atoms. The van der Waals surface area contributed by atoms with Crippen molar-refractivity contribution in [3.63, 3.8) is 0 Å². The third kappa shape index (κ3) is 3.20. The van der Waals surface area contributed by atoms with Crippen LogP contribution in [0.3, 0.4) is 0 Å². The molecular weight excluding hydrogens is 312 g/mol. The Morgan fingerprint density at radius 3 is 2.79 bits per heavy atom. The normalized spacial score (nSPS) is 21.0. The lowest BCUT2D eigenvalue weighted by Crippen LogP contribution is -2.43. The molecule has 24 heavy (non-hydrogen) atoms. The minimum atomic E-state index is -0.620. The molecule has 0 bridgehead atoms. The second-order valence-electron chi connectivity index (χ2n) is 6.01. The number of furan rings is 1. The molecular formula is C16H22N4O4. The molecule has 0 aliphatic carbocycles. The maximum absolute atomic E-state index is 12.6. The third-order valence-electron chi connectivity index (χ3n) is 4.42. The van der Waals surface area contributed by atoms with Crippen LogP contribution in [-0.2, 0) is 6.54 Å². The number of likely N-dealkylation sites (N-methyl/N-ethyl adjacent to an activating group) is 1. The van der Waals surface area contributed by atoms with Crippen LogP contribution in [0.2, 0.25) is 0 Å². The van der Waals surface area contributed by atoms with E-state index in [1.807, 2.05) is 11.8 Å². The molecule has 0 aromatic carbocycles. The molecule has 1 N–H and O–H groups in total. The molecule has 8 heteroatoms. The van der Waals surface area contributed by atoms with Gasteiger partial charge in [0.1, 0.15) is 5.76 Å². The van der Waals surface area contributed by atoms with Crippen molar-refractivity contribution in [2.75, 3.05) is 19.6 Å². The van der Waals surface area contributed by atoms with Crippen molar-refractivity contribution < 1.29 is 18.7 Å². The molecule has 1 fully saturated rings. The zero-order valence-electron chi connectivity index (χ0n) is 14.1. The Bertz CT molecular complexity index is 711. The van der Waals surface area contributed by atoms with Gasteiger partial charge in [0, 0.05) is 20.0 Å². The van der Waals surface area contributed by atoms with Crippen molar-refractivity contribution >= 4 is 5.91 Å². The van der Waals surface area contributed by atoms with E-state index in [9.17, 15) is 9.90 Å². The van der Waals surface area contributed by atoms with Crippen molar-refractivity contribution in [3.8, 4) is 0 Å². The number of aliphatic hydroxyl groups excluding tert-OH is 1. The van der Waals surface area contributed by atoms with Gasteiger partial charge >= 0.3 is 0 Å². The summed E-state index contributed by atoms with van der Waals surface area (Å²) >= 11 is 0. The van der Waals surface area contributed by atoms with Gasteiger partial charge in [-0.2, -0.15) is 0 Å². The first-order valence-corrected chi connectivity index (χ1v) is 8.04. The number of aliphatic hydroxyl groups is 1. The van der Waals surface area contributed by atoms with Gasteiger partial charge in [0.25, 0.3) is 5.91 Å². The molecule has 2 atom stereocenters. The van der Waals surface area contributed by atoms with Crippen LogP contribution in [0.4, 0.5) is 0 Å². The SMILES string of the molecule is CCN(Cc1nnc(C)o1)[C@H]1CN(C(=O)c2ccoc2C)C[C@H]1O. The molecule has 8 nitrogen and oxygen atoms in total. The molecule has 2 aromatic rings. The largest absolute Gasteiger partial charge is 0.469 e. The molecule has 3 rings (SSSR count). The van der Waals surface area contributed by atoms with Crippen LogP contribution in [0.5, 0.6) is 0 Å². The fourth-order valence-electron chi connectivity index (χ4n) is 3.11. The van der Waals surface area contributed by atoms with Crippen LogP contribution >= 0.6 is 0 Å². The van der Waals surface area contributed by atoms with Crippen molar-refractivity contribution in [1.29, 1.82) is 0 Å². The van der Waals surface area contributed by atoms with Gasteiger partial charge in [0.05, 0.1) is 30.5 Å². The fraction of sp³-hybridized carbons (Fsp3) is 0.562. The number of aromatic nitrogens is 2. The van der Waals surface area contributed by atoms with Crippen LogP contribution in [0, 0.1) is 13.8 Å². The van der Waals surface area contributed by atoms with Crippen molar-refractivity contribution in [1.82, 2.24) is 20.0 Å². The molecule has 3 heterocycles. The van der Waals surface area contributed by atoms with Gasteiger partial charge in [-0.15, -0.1) is 10.2 Å². The van der Waals surface area contributed by atoms with E-state index in [4.69, 9.17) is 8.83 Å². The summed E-state index contributed by atoms with van der Waals surface area (Å²) in [6.45, 7) is 7.40. The number of carbonyl (C=O) groups excluding carboxylic acids is 1. The zero-order chi connectivity index (χ0) is 17.3. The summed E-state index contributed by atoms with van der Waals surface area (Å²) in [5.41, 5.74) is 0.540. The smallest absolute Gasteiger partial charge is 0.257 e. The maximum atomic E-state index is 12.6. The quantitative estimate of drug-likeness (QED) is 0.871. The second-order valence-corrected chi connectivity index (χ2v) is 6.01. The molecule has 1 aliphatic rings. The Labute approximate surface area is 140 Å². The van der Waals surface area contributed by atoms with E-state index in [0.717, 1.165) is 0 Å². The molecule has 1 amide bonds. The highest BCUT2D eigenvalue weighted by atomic mass is 16.4. The predicted molar refractivity (Wildman–Crippen MR) is 84.3 cm³/mol. The lowest BCUT2D eigenvalue weighted by atomic mass is 10.2. The van der Waals surface area contributed by atoms with Gasteiger partial charge in [-0.3, -0.25) is 9.69 Å². The third-order valence-corrected chi connectivity index (χ3v) is 4.42. The number of aryl methyl sites for hydroxylation is 2.